The summed E-state index contributed by atoms with van der Waals surface area (Å²) in [6.07, 6.45) is 14.1. The molecular formula is C40H58O4. The van der Waals surface area contributed by atoms with Gasteiger partial charge in [-0.3, -0.25) is 9.59 Å². The maximum Gasteiger partial charge on any atom is 0.312 e. The molecule has 6 saturated carbocycles. The van der Waals surface area contributed by atoms with E-state index in [4.69, 9.17) is 9.47 Å². The highest BCUT2D eigenvalue weighted by Gasteiger charge is 2.73. The third-order valence-electron chi connectivity index (χ3n) is 16.2. The van der Waals surface area contributed by atoms with Gasteiger partial charge in [-0.05, 0) is 134 Å². The smallest absolute Gasteiger partial charge is 0.312 e. The SMILES string of the molecule is CC(=O)OC1CCC2(C)C(CCC3(C)C2CCC2C4C(C5(C)CC5)CCC4(C(=O)OCc4ccccc4)CCC23C)C1(C)C. The van der Waals surface area contributed by atoms with Gasteiger partial charge in [0.15, 0.2) is 0 Å². The Kier molecular flexibility index (Phi) is 7.05. The molecule has 6 aliphatic carbocycles. The van der Waals surface area contributed by atoms with Crippen molar-refractivity contribution in [3.63, 3.8) is 0 Å². The molecule has 0 saturated heterocycles. The van der Waals surface area contributed by atoms with Crippen LogP contribution in [0.5, 0.6) is 0 Å². The molecule has 6 aliphatic rings. The van der Waals surface area contributed by atoms with E-state index in [1.807, 2.05) is 18.2 Å². The minimum absolute atomic E-state index is 0.0148. The van der Waals surface area contributed by atoms with Crippen LogP contribution in [-0.2, 0) is 25.7 Å². The number of carbonyl (C=O) groups is 2. The highest BCUT2D eigenvalue weighted by molar-refractivity contribution is 5.78. The Balaban J connectivity index is 1.21. The summed E-state index contributed by atoms with van der Waals surface area (Å²) in [5.41, 5.74) is 1.89. The second kappa shape index (κ2) is 10.1. The number of hydrogen-bond acceptors (Lipinski definition) is 4. The van der Waals surface area contributed by atoms with Crippen LogP contribution in [0.2, 0.25) is 0 Å². The van der Waals surface area contributed by atoms with Crippen molar-refractivity contribution in [3.8, 4) is 0 Å². The van der Waals surface area contributed by atoms with Gasteiger partial charge in [0.2, 0.25) is 0 Å². The van der Waals surface area contributed by atoms with Crippen molar-refractivity contribution in [3.05, 3.63) is 35.9 Å². The first kappa shape index (κ1) is 30.8. The molecule has 1 aromatic carbocycles. The molecule has 0 bridgehead atoms. The number of carbonyl (C=O) groups excluding carboxylic acids is 2. The van der Waals surface area contributed by atoms with Crippen molar-refractivity contribution in [2.24, 2.45) is 62.1 Å². The molecule has 7 rings (SSSR count). The Bertz CT molecular complexity index is 1300. The lowest BCUT2D eigenvalue weighted by molar-refractivity contribution is -0.252. The zero-order valence-corrected chi connectivity index (χ0v) is 28.7. The van der Waals surface area contributed by atoms with Crippen LogP contribution in [0.25, 0.3) is 0 Å². The fourth-order valence-corrected chi connectivity index (χ4v) is 13.5. The van der Waals surface area contributed by atoms with Crippen molar-refractivity contribution < 1.29 is 19.1 Å². The fourth-order valence-electron chi connectivity index (χ4n) is 13.5. The van der Waals surface area contributed by atoms with Gasteiger partial charge in [-0.25, -0.2) is 0 Å². The Morgan fingerprint density at radius 2 is 1.45 bits per heavy atom. The molecular weight excluding hydrogens is 544 g/mol. The Labute approximate surface area is 266 Å². The van der Waals surface area contributed by atoms with Gasteiger partial charge in [0, 0.05) is 12.3 Å². The molecule has 0 aliphatic heterocycles. The Morgan fingerprint density at radius 3 is 2.14 bits per heavy atom. The van der Waals surface area contributed by atoms with E-state index < -0.39 is 0 Å². The normalized spacial score (nSPS) is 46.4. The average molecular weight is 603 g/mol. The van der Waals surface area contributed by atoms with Crippen LogP contribution in [0.15, 0.2) is 30.3 Å². The fraction of sp³-hybridized carbons (Fsp3) is 0.800. The summed E-state index contributed by atoms with van der Waals surface area (Å²) in [5, 5.41) is 0. The topological polar surface area (TPSA) is 52.6 Å². The number of fused-ring (bicyclic) bond motifs is 7. The summed E-state index contributed by atoms with van der Waals surface area (Å²) in [4.78, 5) is 26.4. The molecule has 44 heavy (non-hydrogen) atoms. The summed E-state index contributed by atoms with van der Waals surface area (Å²) in [6.45, 7) is 17.2. The Hall–Kier alpha value is -1.84. The van der Waals surface area contributed by atoms with E-state index in [-0.39, 0.29) is 45.1 Å². The Morgan fingerprint density at radius 1 is 0.727 bits per heavy atom. The van der Waals surface area contributed by atoms with Crippen LogP contribution < -0.4 is 0 Å². The van der Waals surface area contributed by atoms with Gasteiger partial charge in [0.05, 0.1) is 5.41 Å². The van der Waals surface area contributed by atoms with E-state index in [9.17, 15) is 9.59 Å². The summed E-state index contributed by atoms with van der Waals surface area (Å²) in [6, 6.07) is 10.2. The molecule has 0 radical (unpaired) electrons. The molecule has 242 valence electrons. The average Bonchev–Trinajstić information content (AvgIpc) is 3.59. The van der Waals surface area contributed by atoms with Crippen LogP contribution in [0.4, 0.5) is 0 Å². The van der Waals surface area contributed by atoms with Gasteiger partial charge in [0.25, 0.3) is 0 Å². The second-order valence-corrected chi connectivity index (χ2v) is 18.2. The van der Waals surface area contributed by atoms with Crippen LogP contribution >= 0.6 is 0 Å². The van der Waals surface area contributed by atoms with Crippen LogP contribution in [0.3, 0.4) is 0 Å². The van der Waals surface area contributed by atoms with E-state index in [0.29, 0.717) is 41.6 Å². The number of esters is 2. The lowest BCUT2D eigenvalue weighted by Gasteiger charge is -2.72. The third kappa shape index (κ3) is 4.20. The summed E-state index contributed by atoms with van der Waals surface area (Å²) in [5.74, 6) is 2.86. The number of hydrogen-bond donors (Lipinski definition) is 0. The molecule has 10 unspecified atom stereocenters. The van der Waals surface area contributed by atoms with Crippen LogP contribution in [0, 0.1) is 62.1 Å². The third-order valence-corrected chi connectivity index (χ3v) is 16.2. The highest BCUT2D eigenvalue weighted by atomic mass is 16.5. The largest absolute Gasteiger partial charge is 0.462 e. The van der Waals surface area contributed by atoms with Gasteiger partial charge >= 0.3 is 11.9 Å². The summed E-state index contributed by atoms with van der Waals surface area (Å²) < 4.78 is 12.2. The lowest BCUT2D eigenvalue weighted by atomic mass is 9.32. The summed E-state index contributed by atoms with van der Waals surface area (Å²) in [7, 11) is 0. The second-order valence-electron chi connectivity index (χ2n) is 18.2. The van der Waals surface area contributed by atoms with Crippen molar-refractivity contribution in [2.45, 2.75) is 138 Å². The van der Waals surface area contributed by atoms with Gasteiger partial charge in [0.1, 0.15) is 12.7 Å². The number of rotatable bonds is 5. The molecule has 1 aromatic rings. The minimum Gasteiger partial charge on any atom is -0.462 e. The standard InChI is InChI=1S/C40H58O4/c1-26(41)44-32-17-18-37(5)30(35(32,2)3)16-19-39(7)31(37)14-13-29-33-28(36(4)21-22-36)15-20-40(33,24-23-38(29,39)6)34(42)43-25-27-11-9-8-10-12-27/h8-12,28-33H,13-25H2,1-7H3. The molecule has 0 aromatic heterocycles. The summed E-state index contributed by atoms with van der Waals surface area (Å²) >= 11 is 0. The maximum absolute atomic E-state index is 14.4. The zero-order valence-electron chi connectivity index (χ0n) is 28.7. The minimum atomic E-state index is -0.316. The lowest BCUT2D eigenvalue weighted by Crippen LogP contribution is -2.67. The van der Waals surface area contributed by atoms with E-state index in [0.717, 1.165) is 37.7 Å². The van der Waals surface area contributed by atoms with Gasteiger partial charge in [-0.1, -0.05) is 71.9 Å². The molecule has 6 fully saturated rings. The number of benzene rings is 1. The predicted molar refractivity (Wildman–Crippen MR) is 173 cm³/mol. The first-order valence-corrected chi connectivity index (χ1v) is 18.1. The molecule has 0 spiro atoms. The predicted octanol–water partition coefficient (Wildman–Crippen LogP) is 9.54. The molecule has 10 atom stereocenters. The molecule has 4 heteroatoms. The van der Waals surface area contributed by atoms with Gasteiger partial charge < -0.3 is 9.47 Å². The maximum atomic E-state index is 14.4. The van der Waals surface area contributed by atoms with Gasteiger partial charge in [-0.2, -0.15) is 0 Å². The number of ether oxygens (including phenoxy) is 2. The van der Waals surface area contributed by atoms with E-state index in [2.05, 4.69) is 53.7 Å². The quantitative estimate of drug-likeness (QED) is 0.315. The van der Waals surface area contributed by atoms with Gasteiger partial charge in [-0.15, -0.1) is 0 Å². The van der Waals surface area contributed by atoms with Crippen molar-refractivity contribution in [1.82, 2.24) is 0 Å². The van der Waals surface area contributed by atoms with Crippen LogP contribution in [0.1, 0.15) is 131 Å². The van der Waals surface area contributed by atoms with Crippen molar-refractivity contribution >= 4 is 11.9 Å². The zero-order chi connectivity index (χ0) is 31.3. The molecule has 0 N–H and O–H groups in total. The highest BCUT2D eigenvalue weighted by Crippen LogP contribution is 2.79. The van der Waals surface area contributed by atoms with E-state index in [1.54, 1.807) is 6.92 Å². The monoisotopic (exact) mass is 602 g/mol. The first-order valence-electron chi connectivity index (χ1n) is 18.1. The molecule has 0 amide bonds. The van der Waals surface area contributed by atoms with Crippen molar-refractivity contribution in [1.29, 1.82) is 0 Å². The van der Waals surface area contributed by atoms with Crippen molar-refractivity contribution in [2.75, 3.05) is 0 Å². The first-order chi connectivity index (χ1) is 20.7. The molecule has 4 nitrogen and oxygen atoms in total. The van der Waals surface area contributed by atoms with E-state index in [1.165, 1.54) is 44.9 Å². The van der Waals surface area contributed by atoms with E-state index >= 15 is 0 Å². The molecule has 0 heterocycles. The van der Waals surface area contributed by atoms with Crippen LogP contribution in [-0.4, -0.2) is 18.0 Å².